The summed E-state index contributed by atoms with van der Waals surface area (Å²) in [6, 6.07) is 0. The average molecular weight is 354 g/mol. The van der Waals surface area contributed by atoms with E-state index in [1.165, 1.54) is 0 Å². The second kappa shape index (κ2) is 6.82. The van der Waals surface area contributed by atoms with E-state index in [0.29, 0.717) is 0 Å². The fourth-order valence-electron chi connectivity index (χ4n) is 1.66. The summed E-state index contributed by atoms with van der Waals surface area (Å²) in [6.07, 6.45) is -22.1. The summed E-state index contributed by atoms with van der Waals surface area (Å²) in [4.78, 5) is 0. The van der Waals surface area contributed by atoms with Crippen LogP contribution in [0.2, 0.25) is 0 Å². The van der Waals surface area contributed by atoms with Gasteiger partial charge in [-0.3, -0.25) is 0 Å². The molecule has 0 nitrogen and oxygen atoms in total. The Balaban J connectivity index is 4.87. The van der Waals surface area contributed by atoms with Crippen molar-refractivity contribution in [3.05, 3.63) is 0 Å². The van der Waals surface area contributed by atoms with Crippen molar-refractivity contribution in [2.45, 2.75) is 49.9 Å². The van der Waals surface area contributed by atoms with E-state index in [4.69, 9.17) is 0 Å². The summed E-state index contributed by atoms with van der Waals surface area (Å²) in [5.41, 5.74) is -5.50. The lowest BCUT2D eigenvalue weighted by Gasteiger charge is -2.30. The van der Waals surface area contributed by atoms with Crippen LogP contribution in [-0.2, 0) is 0 Å². The predicted molar refractivity (Wildman–Crippen MR) is 57.8 cm³/mol. The highest BCUT2D eigenvalue weighted by atomic mass is 32.1. The second-order valence-corrected chi connectivity index (χ2v) is 4.89. The standard InChI is InChI=1S/C10H12F10S/c11-7(9(15,16)17,10(18,19)20)4-1-2-6(3-5-21)8(12,13)14/h6,21H,1-5H2. The first-order chi connectivity index (χ1) is 9.17. The second-order valence-electron chi connectivity index (χ2n) is 4.44. The van der Waals surface area contributed by atoms with Crippen LogP contribution in [0.5, 0.6) is 0 Å². The third-order valence-corrected chi connectivity index (χ3v) is 3.17. The van der Waals surface area contributed by atoms with Crippen LogP contribution in [-0.4, -0.2) is 30.0 Å². The molecule has 21 heavy (non-hydrogen) atoms. The molecular weight excluding hydrogens is 342 g/mol. The summed E-state index contributed by atoms with van der Waals surface area (Å²) >= 11 is 3.53. The number of rotatable bonds is 6. The number of hydrogen-bond acceptors (Lipinski definition) is 1. The molecule has 0 saturated carbocycles. The largest absolute Gasteiger partial charge is 0.431 e. The monoisotopic (exact) mass is 354 g/mol. The number of thiol groups is 1. The predicted octanol–water partition coefficient (Wildman–Crippen LogP) is 5.49. The minimum absolute atomic E-state index is 0.247. The van der Waals surface area contributed by atoms with Gasteiger partial charge in [0.25, 0.3) is 5.67 Å². The molecule has 0 rings (SSSR count). The molecule has 0 heterocycles. The summed E-state index contributed by atoms with van der Waals surface area (Å²) < 4.78 is 124. The van der Waals surface area contributed by atoms with Gasteiger partial charge in [-0.05, 0) is 31.4 Å². The van der Waals surface area contributed by atoms with Crippen LogP contribution >= 0.6 is 12.6 Å². The van der Waals surface area contributed by atoms with E-state index in [0.717, 1.165) is 0 Å². The topological polar surface area (TPSA) is 0 Å². The zero-order valence-corrected chi connectivity index (χ0v) is 11.2. The minimum Gasteiger partial charge on any atom is -0.224 e. The summed E-state index contributed by atoms with van der Waals surface area (Å²) in [7, 11) is 0. The number of alkyl halides is 10. The van der Waals surface area contributed by atoms with Gasteiger partial charge in [-0.15, -0.1) is 0 Å². The highest BCUT2D eigenvalue weighted by molar-refractivity contribution is 7.80. The molecule has 0 aliphatic heterocycles. The molecule has 0 amide bonds. The maximum Gasteiger partial charge on any atom is 0.431 e. The third-order valence-electron chi connectivity index (χ3n) is 2.91. The molecule has 0 aromatic rings. The molecule has 1 atom stereocenters. The normalized spacial score (nSPS) is 16.1. The lowest BCUT2D eigenvalue weighted by atomic mass is 9.92. The first-order valence-electron chi connectivity index (χ1n) is 5.66. The van der Waals surface area contributed by atoms with Crippen molar-refractivity contribution in [1.82, 2.24) is 0 Å². The summed E-state index contributed by atoms with van der Waals surface area (Å²) in [6.45, 7) is 0. The van der Waals surface area contributed by atoms with E-state index >= 15 is 0 Å². The van der Waals surface area contributed by atoms with Gasteiger partial charge in [0.1, 0.15) is 0 Å². The van der Waals surface area contributed by atoms with E-state index in [-0.39, 0.29) is 5.75 Å². The maximum atomic E-state index is 13.2. The van der Waals surface area contributed by atoms with Crippen molar-refractivity contribution in [3.8, 4) is 0 Å². The van der Waals surface area contributed by atoms with Gasteiger partial charge in [-0.25, -0.2) is 4.39 Å². The summed E-state index contributed by atoms with van der Waals surface area (Å²) in [5, 5.41) is 0. The van der Waals surface area contributed by atoms with Gasteiger partial charge in [-0.1, -0.05) is 0 Å². The van der Waals surface area contributed by atoms with Crippen molar-refractivity contribution in [3.63, 3.8) is 0 Å². The Kier molecular flexibility index (Phi) is 6.71. The minimum atomic E-state index is -6.23. The average Bonchev–Trinajstić information content (AvgIpc) is 2.23. The fourth-order valence-corrected chi connectivity index (χ4v) is 1.98. The number of halogens is 10. The lowest BCUT2D eigenvalue weighted by Crippen LogP contribution is -2.53. The quantitative estimate of drug-likeness (QED) is 0.473. The Labute approximate surface area is 119 Å². The summed E-state index contributed by atoms with van der Waals surface area (Å²) in [5.74, 6) is -2.36. The van der Waals surface area contributed by atoms with Crippen molar-refractivity contribution < 1.29 is 43.9 Å². The van der Waals surface area contributed by atoms with Crippen LogP contribution < -0.4 is 0 Å². The van der Waals surface area contributed by atoms with E-state index < -0.39 is 55.8 Å². The molecule has 0 aliphatic rings. The molecule has 128 valence electrons. The van der Waals surface area contributed by atoms with E-state index in [1.807, 2.05) is 0 Å². The molecule has 0 radical (unpaired) electrons. The molecule has 0 saturated heterocycles. The van der Waals surface area contributed by atoms with E-state index in [1.54, 1.807) is 0 Å². The molecule has 0 fully saturated rings. The zero-order valence-electron chi connectivity index (χ0n) is 10.3. The molecule has 0 aromatic carbocycles. The van der Waals surface area contributed by atoms with Gasteiger partial charge in [0.05, 0.1) is 5.92 Å². The Hall–Kier alpha value is -0.350. The van der Waals surface area contributed by atoms with Crippen LogP contribution in [0.3, 0.4) is 0 Å². The Morgan fingerprint density at radius 2 is 1.14 bits per heavy atom. The van der Waals surface area contributed by atoms with Gasteiger partial charge in [0, 0.05) is 0 Å². The highest BCUT2D eigenvalue weighted by Gasteiger charge is 2.71. The fraction of sp³-hybridized carbons (Fsp3) is 1.00. The lowest BCUT2D eigenvalue weighted by molar-refractivity contribution is -0.343. The Morgan fingerprint density at radius 3 is 1.43 bits per heavy atom. The van der Waals surface area contributed by atoms with Gasteiger partial charge in [0.15, 0.2) is 0 Å². The van der Waals surface area contributed by atoms with Crippen molar-refractivity contribution in [2.24, 2.45) is 5.92 Å². The van der Waals surface area contributed by atoms with E-state index in [2.05, 4.69) is 12.6 Å². The molecule has 0 aliphatic carbocycles. The van der Waals surface area contributed by atoms with Crippen LogP contribution in [0.15, 0.2) is 0 Å². The zero-order chi connectivity index (χ0) is 17.1. The van der Waals surface area contributed by atoms with Crippen LogP contribution in [0.4, 0.5) is 43.9 Å². The molecule has 0 bridgehead atoms. The van der Waals surface area contributed by atoms with Crippen LogP contribution in [0.1, 0.15) is 25.7 Å². The van der Waals surface area contributed by atoms with Gasteiger partial charge in [0.2, 0.25) is 0 Å². The molecule has 0 spiro atoms. The molecular formula is C10H12F10S. The SMILES string of the molecule is FC(F)(F)C(CCS)CCCC(F)(C(F)(F)F)C(F)(F)F. The smallest absolute Gasteiger partial charge is 0.224 e. The Bertz CT molecular complexity index is 301. The van der Waals surface area contributed by atoms with Gasteiger partial charge in [-0.2, -0.15) is 52.1 Å². The molecule has 11 heteroatoms. The van der Waals surface area contributed by atoms with Gasteiger partial charge < -0.3 is 0 Å². The third kappa shape index (κ3) is 5.41. The van der Waals surface area contributed by atoms with Crippen molar-refractivity contribution >= 4 is 12.6 Å². The molecule has 0 N–H and O–H groups in total. The Morgan fingerprint density at radius 1 is 0.714 bits per heavy atom. The maximum absolute atomic E-state index is 13.2. The van der Waals surface area contributed by atoms with Gasteiger partial charge >= 0.3 is 18.5 Å². The first-order valence-corrected chi connectivity index (χ1v) is 6.30. The number of hydrogen-bond donors (Lipinski definition) is 1. The highest BCUT2D eigenvalue weighted by Crippen LogP contribution is 2.49. The van der Waals surface area contributed by atoms with Crippen molar-refractivity contribution in [2.75, 3.05) is 5.75 Å². The van der Waals surface area contributed by atoms with Crippen molar-refractivity contribution in [1.29, 1.82) is 0 Å². The van der Waals surface area contributed by atoms with Crippen LogP contribution in [0.25, 0.3) is 0 Å². The van der Waals surface area contributed by atoms with Crippen LogP contribution in [0, 0.1) is 5.92 Å². The van der Waals surface area contributed by atoms with E-state index in [9.17, 15) is 43.9 Å². The first kappa shape index (κ1) is 20.6. The molecule has 0 aromatic heterocycles. The molecule has 1 unspecified atom stereocenters.